The fourth-order valence-corrected chi connectivity index (χ4v) is 3.13. The first-order valence-corrected chi connectivity index (χ1v) is 9.07. The Balaban J connectivity index is 2.00. The summed E-state index contributed by atoms with van der Waals surface area (Å²) in [7, 11) is 0.806. The van der Waals surface area contributed by atoms with Crippen molar-refractivity contribution in [3.63, 3.8) is 0 Å². The van der Waals surface area contributed by atoms with E-state index in [0.717, 1.165) is 11.1 Å². The van der Waals surface area contributed by atoms with Crippen LogP contribution in [-0.4, -0.2) is 19.7 Å². The molecule has 0 saturated heterocycles. The van der Waals surface area contributed by atoms with Gasteiger partial charge in [0, 0.05) is 35.9 Å². The van der Waals surface area contributed by atoms with Crippen LogP contribution < -0.4 is 0 Å². The third kappa shape index (κ3) is 3.34. The first kappa shape index (κ1) is 16.7. The second-order valence-electron chi connectivity index (χ2n) is 6.89. The Kier molecular flexibility index (Phi) is 4.41. The van der Waals surface area contributed by atoms with Gasteiger partial charge in [-0.25, -0.2) is 4.21 Å². The van der Waals surface area contributed by atoms with Crippen molar-refractivity contribution in [3.05, 3.63) is 60.3 Å². The zero-order valence-electron chi connectivity index (χ0n) is 14.5. The van der Waals surface area contributed by atoms with E-state index in [2.05, 4.69) is 51.6 Å². The van der Waals surface area contributed by atoms with Crippen molar-refractivity contribution in [2.24, 2.45) is 11.4 Å². The lowest BCUT2D eigenvalue weighted by Crippen LogP contribution is -2.19. The molecular weight excluding hydrogens is 316 g/mol. The number of hydrogen-bond acceptors (Lipinski definition) is 1. The Morgan fingerprint density at radius 2 is 1.79 bits per heavy atom. The van der Waals surface area contributed by atoms with Gasteiger partial charge in [-0.3, -0.25) is 0 Å². The van der Waals surface area contributed by atoms with E-state index in [-0.39, 0.29) is 4.75 Å². The van der Waals surface area contributed by atoms with Crippen molar-refractivity contribution < 1.29 is 4.21 Å². The predicted molar refractivity (Wildman–Crippen MR) is 104 cm³/mol. The highest BCUT2D eigenvalue weighted by Crippen LogP contribution is 2.30. The Bertz CT molecular complexity index is 918. The summed E-state index contributed by atoms with van der Waals surface area (Å²) in [6, 6.07) is 16.6. The average Bonchev–Trinajstić information content (AvgIpc) is 2.89. The lowest BCUT2D eigenvalue weighted by Gasteiger charge is -2.12. The van der Waals surface area contributed by atoms with Crippen LogP contribution in [0.5, 0.6) is 0 Å². The van der Waals surface area contributed by atoms with Gasteiger partial charge >= 0.3 is 0 Å². The minimum absolute atomic E-state index is 0.341. The molecule has 2 aromatic carbocycles. The molecule has 1 atom stereocenters. The molecule has 3 aromatic rings. The molecule has 3 rings (SSSR count). The van der Waals surface area contributed by atoms with Crippen LogP contribution in [0.15, 0.2) is 59.1 Å². The molecule has 4 heteroatoms. The Morgan fingerprint density at radius 3 is 2.46 bits per heavy atom. The summed E-state index contributed by atoms with van der Waals surface area (Å²) >= 11 is 0. The van der Waals surface area contributed by atoms with E-state index in [1.807, 2.05) is 40.0 Å². The van der Waals surface area contributed by atoms with Gasteiger partial charge in [0.15, 0.2) is 0 Å². The first-order valence-electron chi connectivity index (χ1n) is 7.97. The molecule has 0 unspecified atom stereocenters. The van der Waals surface area contributed by atoms with Gasteiger partial charge in [0.05, 0.1) is 4.75 Å². The van der Waals surface area contributed by atoms with Gasteiger partial charge in [-0.15, -0.1) is 0 Å². The molecule has 0 amide bonds. The molecule has 3 nitrogen and oxygen atoms in total. The maximum atomic E-state index is 12.1. The summed E-state index contributed by atoms with van der Waals surface area (Å²) in [6.45, 7) is 5.77. The Morgan fingerprint density at radius 1 is 1.08 bits per heavy atom. The minimum atomic E-state index is -1.24. The van der Waals surface area contributed by atoms with Gasteiger partial charge < -0.3 is 4.57 Å². The SMILES string of the molecule is Cn1cc(-c2ccccc2)c2ccc(/C=N/[S@](=O)C(C)(C)C)cc21. The second-order valence-corrected chi connectivity index (χ2v) is 8.83. The van der Waals surface area contributed by atoms with E-state index < -0.39 is 11.0 Å². The van der Waals surface area contributed by atoms with Crippen LogP contribution in [0.25, 0.3) is 22.0 Å². The number of hydrogen-bond donors (Lipinski definition) is 0. The fraction of sp³-hybridized carbons (Fsp3) is 0.250. The summed E-state index contributed by atoms with van der Waals surface area (Å²) in [5.74, 6) is 0. The van der Waals surface area contributed by atoms with Crippen LogP contribution in [0.4, 0.5) is 0 Å². The van der Waals surface area contributed by atoms with Crippen LogP contribution in [0.2, 0.25) is 0 Å². The molecule has 1 heterocycles. The standard InChI is InChI=1S/C20H22N2OS/c1-20(2,3)24(23)21-13-15-10-11-17-18(14-22(4)19(17)12-15)16-8-6-5-7-9-16/h5-14H,1-4H3/b21-13+/t24-/m1/s1. The van der Waals surface area contributed by atoms with Gasteiger partial charge in [-0.2, -0.15) is 4.40 Å². The van der Waals surface area contributed by atoms with Crippen molar-refractivity contribution in [3.8, 4) is 11.1 Å². The third-order valence-electron chi connectivity index (χ3n) is 3.92. The topological polar surface area (TPSA) is 34.4 Å². The number of nitrogens with zero attached hydrogens (tertiary/aromatic N) is 2. The van der Waals surface area contributed by atoms with E-state index in [1.54, 1.807) is 6.21 Å². The maximum absolute atomic E-state index is 12.1. The molecule has 24 heavy (non-hydrogen) atoms. The van der Waals surface area contributed by atoms with Gasteiger partial charge in [-0.05, 0) is 38.0 Å². The van der Waals surface area contributed by atoms with Gasteiger partial charge in [-0.1, -0.05) is 42.5 Å². The number of fused-ring (bicyclic) bond motifs is 1. The maximum Gasteiger partial charge on any atom is 0.144 e. The number of rotatable bonds is 3. The van der Waals surface area contributed by atoms with E-state index in [4.69, 9.17) is 0 Å². The monoisotopic (exact) mass is 338 g/mol. The highest BCUT2D eigenvalue weighted by atomic mass is 32.2. The molecular formula is C20H22N2OS. The quantitative estimate of drug-likeness (QED) is 0.636. The van der Waals surface area contributed by atoms with E-state index >= 15 is 0 Å². The third-order valence-corrected chi connectivity index (χ3v) is 5.27. The second kappa shape index (κ2) is 6.36. The molecule has 1 aromatic heterocycles. The van der Waals surface area contributed by atoms with Crippen molar-refractivity contribution in [1.82, 2.24) is 4.57 Å². The zero-order valence-corrected chi connectivity index (χ0v) is 15.3. The molecule has 124 valence electrons. The first-order chi connectivity index (χ1) is 11.4. The minimum Gasteiger partial charge on any atom is -0.350 e. The molecule has 0 bridgehead atoms. The Labute approximate surface area is 145 Å². The van der Waals surface area contributed by atoms with E-state index in [1.165, 1.54) is 16.5 Å². The molecule has 0 saturated carbocycles. The molecule has 0 radical (unpaired) electrons. The summed E-state index contributed by atoms with van der Waals surface area (Å²) < 4.78 is 18.1. The van der Waals surface area contributed by atoms with Crippen molar-refractivity contribution in [1.29, 1.82) is 0 Å². The predicted octanol–water partition coefficient (Wildman–Crippen LogP) is 4.73. The number of aryl methyl sites for hydroxylation is 1. The van der Waals surface area contributed by atoms with Crippen molar-refractivity contribution in [2.45, 2.75) is 25.5 Å². The van der Waals surface area contributed by atoms with Crippen LogP contribution in [0.1, 0.15) is 26.3 Å². The lowest BCUT2D eigenvalue weighted by molar-refractivity contribution is 0.651. The molecule has 0 aliphatic carbocycles. The smallest absolute Gasteiger partial charge is 0.144 e. The van der Waals surface area contributed by atoms with Gasteiger partial charge in [0.25, 0.3) is 0 Å². The number of aromatic nitrogens is 1. The zero-order chi connectivity index (χ0) is 17.3. The highest BCUT2D eigenvalue weighted by Gasteiger charge is 2.18. The summed E-state index contributed by atoms with van der Waals surface area (Å²) in [6.07, 6.45) is 3.85. The van der Waals surface area contributed by atoms with E-state index in [9.17, 15) is 4.21 Å². The van der Waals surface area contributed by atoms with Gasteiger partial charge in [0.2, 0.25) is 0 Å². The molecule has 0 spiro atoms. The van der Waals surface area contributed by atoms with Crippen molar-refractivity contribution in [2.75, 3.05) is 0 Å². The average molecular weight is 338 g/mol. The lowest BCUT2D eigenvalue weighted by atomic mass is 10.0. The highest BCUT2D eigenvalue weighted by molar-refractivity contribution is 7.85. The normalized spacial score (nSPS) is 13.7. The largest absolute Gasteiger partial charge is 0.350 e. The van der Waals surface area contributed by atoms with Crippen LogP contribution >= 0.6 is 0 Å². The van der Waals surface area contributed by atoms with Gasteiger partial charge in [0.1, 0.15) is 11.0 Å². The molecule has 0 N–H and O–H groups in total. The van der Waals surface area contributed by atoms with E-state index in [0.29, 0.717) is 0 Å². The molecule has 0 aliphatic heterocycles. The molecule has 0 fully saturated rings. The van der Waals surface area contributed by atoms with Crippen LogP contribution in [-0.2, 0) is 18.0 Å². The Hall–Kier alpha value is -2.20. The summed E-state index contributed by atoms with van der Waals surface area (Å²) in [5.41, 5.74) is 4.52. The summed E-state index contributed by atoms with van der Waals surface area (Å²) in [5, 5.41) is 1.21. The fourth-order valence-electron chi connectivity index (χ4n) is 2.60. The molecule has 0 aliphatic rings. The van der Waals surface area contributed by atoms with Crippen LogP contribution in [0.3, 0.4) is 0 Å². The summed E-state index contributed by atoms with van der Waals surface area (Å²) in [4.78, 5) is 0. The van der Waals surface area contributed by atoms with Crippen molar-refractivity contribution >= 4 is 28.1 Å². The number of benzene rings is 2. The van der Waals surface area contributed by atoms with Crippen LogP contribution in [0, 0.1) is 0 Å².